The van der Waals surface area contributed by atoms with Crippen LogP contribution >= 0.6 is 23.2 Å². The molecule has 96 valence electrons. The minimum atomic E-state index is -0.499. The number of hydrogen-bond donors (Lipinski definition) is 0. The summed E-state index contributed by atoms with van der Waals surface area (Å²) in [6.07, 6.45) is -0.998. The summed E-state index contributed by atoms with van der Waals surface area (Å²) in [6.45, 7) is 0. The van der Waals surface area contributed by atoms with E-state index in [2.05, 4.69) is 0 Å². The van der Waals surface area contributed by atoms with Gasteiger partial charge in [0.1, 0.15) is 11.5 Å². The quantitative estimate of drug-likeness (QED) is 0.716. The molecule has 2 heterocycles. The van der Waals surface area contributed by atoms with Gasteiger partial charge < -0.3 is 9.47 Å². The Morgan fingerprint density at radius 2 is 1.21 bits per heavy atom. The van der Waals surface area contributed by atoms with E-state index in [1.807, 2.05) is 12.1 Å². The van der Waals surface area contributed by atoms with Crippen LogP contribution in [0.15, 0.2) is 36.4 Å². The molecule has 0 radical (unpaired) electrons. The van der Waals surface area contributed by atoms with Crippen LogP contribution in [0.25, 0.3) is 0 Å². The third-order valence-electron chi connectivity index (χ3n) is 3.17. The Kier molecular flexibility index (Phi) is 2.42. The van der Waals surface area contributed by atoms with Gasteiger partial charge in [-0.2, -0.15) is 0 Å². The molecule has 2 bridgehead atoms. The summed E-state index contributed by atoms with van der Waals surface area (Å²) in [5.41, 5.74) is 1.59. The van der Waals surface area contributed by atoms with Gasteiger partial charge >= 0.3 is 0 Å². The number of ether oxygens (including phenoxy) is 3. The predicted molar refractivity (Wildman–Crippen MR) is 70.7 cm³/mol. The molecule has 0 amide bonds. The average molecular weight is 295 g/mol. The summed E-state index contributed by atoms with van der Waals surface area (Å²) in [4.78, 5) is 0. The molecule has 4 rings (SSSR count). The third kappa shape index (κ3) is 1.77. The van der Waals surface area contributed by atoms with Gasteiger partial charge in [0, 0.05) is 10.0 Å². The van der Waals surface area contributed by atoms with E-state index < -0.39 is 12.6 Å². The smallest absolute Gasteiger partial charge is 0.233 e. The maximum atomic E-state index is 5.99. The fourth-order valence-electron chi connectivity index (χ4n) is 2.29. The van der Waals surface area contributed by atoms with Crippen molar-refractivity contribution in [2.75, 3.05) is 0 Å². The molecule has 2 atom stereocenters. The second-order valence-corrected chi connectivity index (χ2v) is 5.27. The van der Waals surface area contributed by atoms with Crippen LogP contribution in [-0.4, -0.2) is 0 Å². The SMILES string of the molecule is Clc1ccc2c(c1)C1Oc3ccc(Cl)cc3C(O2)O1. The van der Waals surface area contributed by atoms with E-state index in [1.54, 1.807) is 24.3 Å². The van der Waals surface area contributed by atoms with Gasteiger partial charge in [0.05, 0.1) is 11.1 Å². The van der Waals surface area contributed by atoms with Gasteiger partial charge in [-0.25, -0.2) is 0 Å². The summed E-state index contributed by atoms with van der Waals surface area (Å²) in [6, 6.07) is 10.8. The zero-order valence-electron chi connectivity index (χ0n) is 9.60. The minimum absolute atomic E-state index is 0.499. The molecule has 2 aromatic rings. The number of benzene rings is 2. The Bertz CT molecular complexity index is 614. The van der Waals surface area contributed by atoms with E-state index in [4.69, 9.17) is 37.4 Å². The van der Waals surface area contributed by atoms with E-state index in [0.717, 1.165) is 22.6 Å². The number of halogens is 2. The van der Waals surface area contributed by atoms with Crippen molar-refractivity contribution in [3.63, 3.8) is 0 Å². The Morgan fingerprint density at radius 1 is 0.737 bits per heavy atom. The van der Waals surface area contributed by atoms with E-state index in [-0.39, 0.29) is 0 Å². The number of fused-ring (bicyclic) bond motifs is 6. The molecule has 3 nitrogen and oxygen atoms in total. The van der Waals surface area contributed by atoms with Crippen molar-refractivity contribution >= 4 is 23.2 Å². The molecule has 2 aromatic carbocycles. The topological polar surface area (TPSA) is 27.7 Å². The molecule has 2 aliphatic heterocycles. The summed E-state index contributed by atoms with van der Waals surface area (Å²) in [5, 5.41) is 1.24. The van der Waals surface area contributed by atoms with Crippen molar-refractivity contribution in [2.45, 2.75) is 12.6 Å². The highest BCUT2D eigenvalue weighted by atomic mass is 35.5. The van der Waals surface area contributed by atoms with E-state index >= 15 is 0 Å². The van der Waals surface area contributed by atoms with Crippen molar-refractivity contribution in [3.8, 4) is 11.5 Å². The van der Waals surface area contributed by atoms with Gasteiger partial charge in [0.2, 0.25) is 12.6 Å². The lowest BCUT2D eigenvalue weighted by atomic mass is 10.1. The second-order valence-electron chi connectivity index (χ2n) is 4.40. The standard InChI is InChI=1S/C14H8Cl2O3/c15-7-1-3-11-9(5-7)13-18-12-4-2-8(16)6-10(12)14(17-11)19-13/h1-6,13-14H. The zero-order valence-corrected chi connectivity index (χ0v) is 11.1. The monoisotopic (exact) mass is 294 g/mol. The van der Waals surface area contributed by atoms with E-state index in [9.17, 15) is 0 Å². The van der Waals surface area contributed by atoms with Crippen LogP contribution < -0.4 is 9.47 Å². The van der Waals surface area contributed by atoms with E-state index in [1.165, 1.54) is 0 Å². The Balaban J connectivity index is 1.84. The van der Waals surface area contributed by atoms with Crippen molar-refractivity contribution in [1.29, 1.82) is 0 Å². The number of rotatable bonds is 0. The second kappa shape index (κ2) is 4.04. The number of hydrogen-bond acceptors (Lipinski definition) is 3. The lowest BCUT2D eigenvalue weighted by Gasteiger charge is -2.37. The molecule has 0 saturated carbocycles. The zero-order chi connectivity index (χ0) is 13.0. The molecule has 2 unspecified atom stereocenters. The molecule has 19 heavy (non-hydrogen) atoms. The first-order chi connectivity index (χ1) is 9.20. The summed E-state index contributed by atoms with van der Waals surface area (Å²) >= 11 is 12.0. The largest absolute Gasteiger partial charge is 0.460 e. The molecule has 5 heteroatoms. The summed E-state index contributed by atoms with van der Waals surface area (Å²) < 4.78 is 17.4. The maximum absolute atomic E-state index is 5.99. The lowest BCUT2D eigenvalue weighted by molar-refractivity contribution is -0.227. The Hall–Kier alpha value is -1.42. The molecule has 2 aliphatic rings. The highest BCUT2D eigenvalue weighted by Crippen LogP contribution is 2.48. The van der Waals surface area contributed by atoms with Crippen molar-refractivity contribution in [3.05, 3.63) is 57.6 Å². The van der Waals surface area contributed by atoms with Gasteiger partial charge in [-0.1, -0.05) is 23.2 Å². The van der Waals surface area contributed by atoms with Crippen LogP contribution in [0.1, 0.15) is 23.7 Å². The Morgan fingerprint density at radius 3 is 1.68 bits per heavy atom. The van der Waals surface area contributed by atoms with E-state index in [0.29, 0.717) is 10.0 Å². The van der Waals surface area contributed by atoms with Crippen molar-refractivity contribution < 1.29 is 14.2 Å². The average Bonchev–Trinajstić information content (AvgIpc) is 2.41. The maximum Gasteiger partial charge on any atom is 0.233 e. The summed E-state index contributed by atoms with van der Waals surface area (Å²) in [5.74, 6) is 1.44. The van der Waals surface area contributed by atoms with Crippen LogP contribution in [-0.2, 0) is 4.74 Å². The molecule has 0 N–H and O–H groups in total. The van der Waals surface area contributed by atoms with Crippen LogP contribution in [0.2, 0.25) is 10.0 Å². The van der Waals surface area contributed by atoms with Crippen molar-refractivity contribution in [2.24, 2.45) is 0 Å². The summed E-state index contributed by atoms with van der Waals surface area (Å²) in [7, 11) is 0. The highest BCUT2D eigenvalue weighted by Gasteiger charge is 2.37. The molecule has 0 saturated heterocycles. The van der Waals surface area contributed by atoms with Gasteiger partial charge in [-0.3, -0.25) is 4.74 Å². The first-order valence-electron chi connectivity index (χ1n) is 5.78. The van der Waals surface area contributed by atoms with Crippen LogP contribution in [0.5, 0.6) is 11.5 Å². The van der Waals surface area contributed by atoms with Gasteiger partial charge in [-0.05, 0) is 36.4 Å². The highest BCUT2D eigenvalue weighted by molar-refractivity contribution is 6.31. The predicted octanol–water partition coefficient (Wildman–Crippen LogP) is 4.49. The minimum Gasteiger partial charge on any atom is -0.460 e. The van der Waals surface area contributed by atoms with Gasteiger partial charge in [-0.15, -0.1) is 0 Å². The molecule has 0 aromatic heterocycles. The molecule has 0 fully saturated rings. The molecular weight excluding hydrogens is 287 g/mol. The van der Waals surface area contributed by atoms with Gasteiger partial charge in [0.15, 0.2) is 0 Å². The fourth-order valence-corrected chi connectivity index (χ4v) is 2.65. The van der Waals surface area contributed by atoms with Crippen molar-refractivity contribution in [1.82, 2.24) is 0 Å². The van der Waals surface area contributed by atoms with Crippen LogP contribution in [0.3, 0.4) is 0 Å². The Labute approximate surface area is 119 Å². The van der Waals surface area contributed by atoms with Crippen LogP contribution in [0, 0.1) is 0 Å². The first-order valence-corrected chi connectivity index (χ1v) is 6.54. The normalized spacial score (nSPS) is 22.8. The fraction of sp³-hybridized carbons (Fsp3) is 0.143. The molecule has 0 spiro atoms. The van der Waals surface area contributed by atoms with Gasteiger partial charge in [0.25, 0.3) is 0 Å². The molecule has 0 aliphatic carbocycles. The molecular formula is C14H8Cl2O3. The first kappa shape index (κ1) is 11.4. The van der Waals surface area contributed by atoms with Crippen LogP contribution in [0.4, 0.5) is 0 Å². The lowest BCUT2D eigenvalue weighted by Crippen LogP contribution is -2.30. The third-order valence-corrected chi connectivity index (χ3v) is 3.64.